The number of aromatic nitrogens is 1. The van der Waals surface area contributed by atoms with Gasteiger partial charge in [-0.15, -0.1) is 11.3 Å². The molecule has 5 nitrogen and oxygen atoms in total. The lowest BCUT2D eigenvalue weighted by molar-refractivity contribution is -0.116. The number of benzene rings is 1. The number of carbonyl (C=O) groups excluding carboxylic acids is 2. The van der Waals surface area contributed by atoms with Gasteiger partial charge in [0.25, 0.3) is 5.91 Å². The van der Waals surface area contributed by atoms with E-state index < -0.39 is 0 Å². The number of ketones is 1. The average Bonchev–Trinajstić information content (AvgIpc) is 3.07. The molecule has 0 unspecified atom stereocenters. The smallest absolute Gasteiger partial charge is 0.264 e. The van der Waals surface area contributed by atoms with E-state index in [4.69, 9.17) is 0 Å². The number of nitrogens with zero attached hydrogens (tertiary/aromatic N) is 2. The van der Waals surface area contributed by atoms with Crippen molar-refractivity contribution in [2.24, 2.45) is 4.99 Å². The lowest BCUT2D eigenvalue weighted by atomic mass is 10.3. The Labute approximate surface area is 141 Å². The number of rotatable bonds is 4. The molecule has 1 aromatic carbocycles. The molecule has 1 saturated heterocycles. The maximum absolute atomic E-state index is 12.0. The molecule has 116 valence electrons. The van der Waals surface area contributed by atoms with Crippen LogP contribution in [0.25, 0.3) is 6.08 Å². The van der Waals surface area contributed by atoms with E-state index in [1.54, 1.807) is 12.3 Å². The molecule has 1 amide bonds. The molecule has 2 heterocycles. The molecule has 23 heavy (non-hydrogen) atoms. The summed E-state index contributed by atoms with van der Waals surface area (Å²) in [5.41, 5.74) is 0.790. The number of amidine groups is 1. The zero-order chi connectivity index (χ0) is 16.2. The van der Waals surface area contributed by atoms with Gasteiger partial charge >= 0.3 is 0 Å². The van der Waals surface area contributed by atoms with E-state index in [9.17, 15) is 9.59 Å². The largest absolute Gasteiger partial charge is 0.300 e. The van der Waals surface area contributed by atoms with E-state index in [1.165, 1.54) is 30.0 Å². The van der Waals surface area contributed by atoms with E-state index in [0.29, 0.717) is 16.5 Å². The highest BCUT2D eigenvalue weighted by Gasteiger charge is 2.24. The van der Waals surface area contributed by atoms with Gasteiger partial charge in [0.2, 0.25) is 0 Å². The first-order chi connectivity index (χ1) is 11.1. The van der Waals surface area contributed by atoms with Crippen LogP contribution in [0.4, 0.5) is 5.69 Å². The average molecular weight is 343 g/mol. The lowest BCUT2D eigenvalue weighted by Crippen LogP contribution is -2.19. The molecule has 1 N–H and O–H groups in total. The Bertz CT molecular complexity index is 810. The van der Waals surface area contributed by atoms with Crippen molar-refractivity contribution in [3.8, 4) is 0 Å². The second kappa shape index (κ2) is 6.89. The van der Waals surface area contributed by atoms with Gasteiger partial charge in [0.1, 0.15) is 10.8 Å². The minimum atomic E-state index is -0.175. The van der Waals surface area contributed by atoms with E-state index >= 15 is 0 Å². The Balaban J connectivity index is 1.76. The third-order valence-electron chi connectivity index (χ3n) is 2.88. The topological polar surface area (TPSA) is 71.4 Å². The van der Waals surface area contributed by atoms with Gasteiger partial charge < -0.3 is 5.32 Å². The molecule has 1 aliphatic rings. The fourth-order valence-electron chi connectivity index (χ4n) is 1.92. The summed E-state index contributed by atoms with van der Waals surface area (Å²) in [6.45, 7) is 1.53. The fraction of sp³-hybridized carbons (Fsp3) is 0.125. The van der Waals surface area contributed by atoms with Gasteiger partial charge in [0.05, 0.1) is 17.0 Å². The molecule has 0 radical (unpaired) electrons. The third kappa shape index (κ3) is 4.14. The van der Waals surface area contributed by atoms with Crippen molar-refractivity contribution in [2.45, 2.75) is 13.3 Å². The van der Waals surface area contributed by atoms with E-state index in [1.807, 2.05) is 30.3 Å². The molecule has 1 aromatic heterocycles. The quantitative estimate of drug-likeness (QED) is 0.866. The Morgan fingerprint density at radius 1 is 1.35 bits per heavy atom. The van der Waals surface area contributed by atoms with E-state index in [-0.39, 0.29) is 11.7 Å². The number of hydrogen-bond donors (Lipinski definition) is 1. The van der Waals surface area contributed by atoms with Gasteiger partial charge in [-0.1, -0.05) is 18.2 Å². The summed E-state index contributed by atoms with van der Waals surface area (Å²) < 4.78 is 0. The van der Waals surface area contributed by atoms with Crippen LogP contribution in [0.1, 0.15) is 16.8 Å². The summed E-state index contributed by atoms with van der Waals surface area (Å²) in [7, 11) is 0. The lowest BCUT2D eigenvalue weighted by Gasteiger charge is -1.94. The molecule has 1 aliphatic heterocycles. The highest BCUT2D eigenvalue weighted by atomic mass is 32.2. The summed E-state index contributed by atoms with van der Waals surface area (Å²) in [4.78, 5) is 33.1. The highest BCUT2D eigenvalue weighted by molar-refractivity contribution is 8.18. The first kappa shape index (κ1) is 15.6. The Morgan fingerprint density at radius 2 is 2.13 bits per heavy atom. The van der Waals surface area contributed by atoms with Gasteiger partial charge in [-0.05, 0) is 36.9 Å². The van der Waals surface area contributed by atoms with Gasteiger partial charge in [-0.25, -0.2) is 9.98 Å². The molecule has 0 bridgehead atoms. The number of thioether (sulfide) groups is 1. The maximum atomic E-state index is 12.0. The molecule has 1 fully saturated rings. The van der Waals surface area contributed by atoms with Crippen LogP contribution in [0, 0.1) is 0 Å². The number of nitrogens with one attached hydrogen (secondary N) is 1. The molecule has 7 heteroatoms. The number of carbonyl (C=O) groups is 2. The Morgan fingerprint density at radius 3 is 2.87 bits per heavy atom. The first-order valence-corrected chi connectivity index (χ1v) is 8.52. The first-order valence-electron chi connectivity index (χ1n) is 6.89. The molecule has 0 saturated carbocycles. The van der Waals surface area contributed by atoms with Crippen molar-refractivity contribution in [3.05, 3.63) is 51.3 Å². The van der Waals surface area contributed by atoms with Gasteiger partial charge in [-0.3, -0.25) is 9.59 Å². The molecular weight excluding hydrogens is 330 g/mol. The van der Waals surface area contributed by atoms with Crippen molar-refractivity contribution >= 4 is 51.7 Å². The highest BCUT2D eigenvalue weighted by Crippen LogP contribution is 2.29. The Hall–Kier alpha value is -2.25. The second-order valence-electron chi connectivity index (χ2n) is 4.85. The SMILES string of the molecule is CC(=O)Cc1ncc(/C=C2\SC(=Nc3ccccc3)NC2=O)s1. The molecule has 0 spiro atoms. The van der Waals surface area contributed by atoms with Crippen molar-refractivity contribution in [3.63, 3.8) is 0 Å². The third-order valence-corrected chi connectivity index (χ3v) is 4.74. The molecular formula is C16H13N3O2S2. The van der Waals surface area contributed by atoms with Crippen LogP contribution >= 0.6 is 23.1 Å². The monoisotopic (exact) mass is 343 g/mol. The minimum Gasteiger partial charge on any atom is -0.300 e. The normalized spacial score (nSPS) is 17.7. The summed E-state index contributed by atoms with van der Waals surface area (Å²) in [5, 5.41) is 4.06. The molecule has 0 atom stereocenters. The zero-order valence-electron chi connectivity index (χ0n) is 12.3. The van der Waals surface area contributed by atoms with E-state index in [0.717, 1.165) is 15.6 Å². The van der Waals surface area contributed by atoms with Crippen LogP contribution in [-0.4, -0.2) is 21.8 Å². The number of para-hydroxylation sites is 1. The van der Waals surface area contributed by atoms with Crippen LogP contribution in [0.3, 0.4) is 0 Å². The number of aliphatic imine (C=N–C) groups is 1. The Kier molecular flexibility index (Phi) is 4.68. The molecule has 3 rings (SSSR count). The predicted octanol–water partition coefficient (Wildman–Crippen LogP) is 3.17. The number of amides is 1. The summed E-state index contributed by atoms with van der Waals surface area (Å²) in [6.07, 6.45) is 3.78. The van der Waals surface area contributed by atoms with Crippen molar-refractivity contribution in [2.75, 3.05) is 0 Å². The second-order valence-corrected chi connectivity index (χ2v) is 7.03. The number of Topliss-reactive ketones (excluding diaryl/α,β-unsaturated/α-hetero) is 1. The van der Waals surface area contributed by atoms with Crippen LogP contribution in [0.5, 0.6) is 0 Å². The summed E-state index contributed by atoms with van der Waals surface area (Å²) in [6, 6.07) is 9.45. The molecule has 0 aliphatic carbocycles. The van der Waals surface area contributed by atoms with Crippen LogP contribution < -0.4 is 5.32 Å². The van der Waals surface area contributed by atoms with Gasteiger partial charge in [0, 0.05) is 11.1 Å². The van der Waals surface area contributed by atoms with Crippen molar-refractivity contribution in [1.29, 1.82) is 0 Å². The van der Waals surface area contributed by atoms with Crippen molar-refractivity contribution < 1.29 is 9.59 Å². The number of thiazole rings is 1. The van der Waals surface area contributed by atoms with Gasteiger partial charge in [-0.2, -0.15) is 0 Å². The van der Waals surface area contributed by atoms with Crippen LogP contribution in [0.2, 0.25) is 0 Å². The van der Waals surface area contributed by atoms with Crippen molar-refractivity contribution in [1.82, 2.24) is 10.3 Å². The molecule has 2 aromatic rings. The van der Waals surface area contributed by atoms with Gasteiger partial charge in [0.15, 0.2) is 5.17 Å². The zero-order valence-corrected chi connectivity index (χ0v) is 13.9. The van der Waals surface area contributed by atoms with Crippen LogP contribution in [0.15, 0.2) is 46.4 Å². The summed E-state index contributed by atoms with van der Waals surface area (Å²) in [5.74, 6) is -0.102. The maximum Gasteiger partial charge on any atom is 0.264 e. The fourth-order valence-corrected chi connectivity index (χ4v) is 3.76. The standard InChI is InChI=1S/C16H13N3O2S2/c1-10(20)7-14-17-9-12(22-14)8-13-15(21)19-16(23-13)18-11-5-3-2-4-6-11/h2-6,8-9H,7H2,1H3,(H,18,19,21)/b13-8-. The predicted molar refractivity (Wildman–Crippen MR) is 93.7 cm³/mol. The van der Waals surface area contributed by atoms with Crippen LogP contribution in [-0.2, 0) is 16.0 Å². The number of hydrogen-bond acceptors (Lipinski definition) is 6. The minimum absolute atomic E-state index is 0.0730. The summed E-state index contributed by atoms with van der Waals surface area (Å²) >= 11 is 2.71. The van der Waals surface area contributed by atoms with E-state index in [2.05, 4.69) is 15.3 Å².